The Hall–Kier alpha value is -1.88. The summed E-state index contributed by atoms with van der Waals surface area (Å²) in [5.41, 5.74) is 1.73. The van der Waals surface area contributed by atoms with Gasteiger partial charge in [0.2, 0.25) is 0 Å². The fourth-order valence-electron chi connectivity index (χ4n) is 1.24. The van der Waals surface area contributed by atoms with E-state index in [1.165, 1.54) is 7.11 Å². The molecule has 0 aliphatic heterocycles. The van der Waals surface area contributed by atoms with Crippen molar-refractivity contribution in [1.29, 1.82) is 0 Å². The van der Waals surface area contributed by atoms with Crippen LogP contribution in [0, 0.1) is 0 Å². The van der Waals surface area contributed by atoms with E-state index in [2.05, 4.69) is 9.72 Å². The molecule has 0 atom stereocenters. The molecular formula is C10H9NO4. The molecule has 0 aliphatic carbocycles. The van der Waals surface area contributed by atoms with E-state index in [0.29, 0.717) is 16.7 Å². The van der Waals surface area contributed by atoms with Crippen LogP contribution in [0.25, 0.3) is 11.1 Å². The van der Waals surface area contributed by atoms with Crippen molar-refractivity contribution in [2.45, 2.75) is 6.61 Å². The maximum atomic E-state index is 11.1. The van der Waals surface area contributed by atoms with Gasteiger partial charge in [-0.3, -0.25) is 0 Å². The summed E-state index contributed by atoms with van der Waals surface area (Å²) in [4.78, 5) is 15.0. The van der Waals surface area contributed by atoms with Crippen LogP contribution in [0.3, 0.4) is 0 Å². The first-order valence-corrected chi connectivity index (χ1v) is 4.33. The Bertz CT molecular complexity index is 503. The number of carbonyl (C=O) groups excluding carboxylic acids is 1. The summed E-state index contributed by atoms with van der Waals surface area (Å²) in [7, 11) is 1.26. The van der Waals surface area contributed by atoms with Crippen LogP contribution in [0.15, 0.2) is 22.6 Å². The molecule has 1 aromatic heterocycles. The summed E-state index contributed by atoms with van der Waals surface area (Å²) in [6.45, 7) is -0.0792. The van der Waals surface area contributed by atoms with Gasteiger partial charge in [-0.05, 0) is 17.7 Å². The number of aromatic nitrogens is 1. The lowest BCUT2D eigenvalue weighted by atomic mass is 10.2. The number of ether oxygens (including phenoxy) is 1. The normalized spacial score (nSPS) is 10.5. The van der Waals surface area contributed by atoms with Crippen LogP contribution in [-0.2, 0) is 11.3 Å². The molecule has 0 saturated heterocycles. The van der Waals surface area contributed by atoms with E-state index in [1.54, 1.807) is 18.2 Å². The number of hydrogen-bond acceptors (Lipinski definition) is 5. The Kier molecular flexibility index (Phi) is 2.39. The molecule has 5 nitrogen and oxygen atoms in total. The Morgan fingerprint density at radius 2 is 2.40 bits per heavy atom. The van der Waals surface area contributed by atoms with Gasteiger partial charge in [-0.25, -0.2) is 9.78 Å². The van der Waals surface area contributed by atoms with Gasteiger partial charge in [0.05, 0.1) is 13.7 Å². The molecule has 0 aliphatic rings. The first-order valence-electron chi connectivity index (χ1n) is 4.33. The van der Waals surface area contributed by atoms with Crippen molar-refractivity contribution in [2.75, 3.05) is 7.11 Å². The number of carbonyl (C=O) groups is 1. The molecule has 0 bridgehead atoms. The molecule has 15 heavy (non-hydrogen) atoms. The van der Waals surface area contributed by atoms with Gasteiger partial charge >= 0.3 is 11.9 Å². The second-order valence-electron chi connectivity index (χ2n) is 2.97. The standard InChI is InChI=1S/C10H9NO4/c1-14-10(13)9-11-7-3-2-6(5-12)4-8(7)15-9/h2-4,12H,5H2,1H3. The predicted molar refractivity (Wildman–Crippen MR) is 51.3 cm³/mol. The minimum Gasteiger partial charge on any atom is -0.462 e. The zero-order valence-corrected chi connectivity index (χ0v) is 8.06. The van der Waals surface area contributed by atoms with Crippen molar-refractivity contribution < 1.29 is 19.1 Å². The quantitative estimate of drug-likeness (QED) is 0.746. The van der Waals surface area contributed by atoms with E-state index < -0.39 is 5.97 Å². The average molecular weight is 207 g/mol. The summed E-state index contributed by atoms with van der Waals surface area (Å²) in [5.74, 6) is -0.695. The highest BCUT2D eigenvalue weighted by atomic mass is 16.5. The Morgan fingerprint density at radius 1 is 1.60 bits per heavy atom. The second-order valence-corrected chi connectivity index (χ2v) is 2.97. The highest BCUT2D eigenvalue weighted by Gasteiger charge is 2.14. The zero-order valence-electron chi connectivity index (χ0n) is 8.06. The van der Waals surface area contributed by atoms with Crippen LogP contribution < -0.4 is 0 Å². The second kappa shape index (κ2) is 3.70. The topological polar surface area (TPSA) is 72.6 Å². The largest absolute Gasteiger partial charge is 0.462 e. The van der Waals surface area contributed by atoms with Crippen molar-refractivity contribution in [3.8, 4) is 0 Å². The summed E-state index contributed by atoms with van der Waals surface area (Å²) in [6.07, 6.45) is 0. The van der Waals surface area contributed by atoms with Crippen LogP contribution in [0.1, 0.15) is 16.2 Å². The van der Waals surface area contributed by atoms with Crippen molar-refractivity contribution in [3.63, 3.8) is 0 Å². The molecule has 1 aromatic carbocycles. The van der Waals surface area contributed by atoms with Gasteiger partial charge in [0, 0.05) is 0 Å². The van der Waals surface area contributed by atoms with Crippen LogP contribution in [0.5, 0.6) is 0 Å². The fraction of sp³-hybridized carbons (Fsp3) is 0.200. The van der Waals surface area contributed by atoms with Crippen LogP contribution in [0.4, 0.5) is 0 Å². The summed E-state index contributed by atoms with van der Waals surface area (Å²) >= 11 is 0. The van der Waals surface area contributed by atoms with E-state index in [4.69, 9.17) is 9.52 Å². The number of rotatable bonds is 2. The van der Waals surface area contributed by atoms with Crippen molar-refractivity contribution in [2.24, 2.45) is 0 Å². The molecule has 2 rings (SSSR count). The molecule has 0 spiro atoms. The molecule has 0 radical (unpaired) electrons. The third kappa shape index (κ3) is 1.69. The molecule has 0 saturated carbocycles. The maximum absolute atomic E-state index is 11.1. The van der Waals surface area contributed by atoms with E-state index in [-0.39, 0.29) is 12.5 Å². The number of oxazole rings is 1. The monoisotopic (exact) mass is 207 g/mol. The molecule has 0 unspecified atom stereocenters. The zero-order chi connectivity index (χ0) is 10.8. The number of esters is 1. The number of fused-ring (bicyclic) bond motifs is 1. The first-order chi connectivity index (χ1) is 7.24. The summed E-state index contributed by atoms with van der Waals surface area (Å²) < 4.78 is 9.64. The van der Waals surface area contributed by atoms with E-state index in [0.717, 1.165) is 0 Å². The van der Waals surface area contributed by atoms with Gasteiger partial charge in [-0.15, -0.1) is 0 Å². The molecule has 78 valence electrons. The number of aliphatic hydroxyl groups is 1. The maximum Gasteiger partial charge on any atom is 0.394 e. The summed E-state index contributed by atoms with van der Waals surface area (Å²) in [6, 6.07) is 5.03. The number of nitrogens with zero attached hydrogens (tertiary/aromatic N) is 1. The molecule has 2 aromatic rings. The smallest absolute Gasteiger partial charge is 0.394 e. The van der Waals surface area contributed by atoms with Gasteiger partial charge in [0.1, 0.15) is 5.52 Å². The van der Waals surface area contributed by atoms with Crippen LogP contribution in [0.2, 0.25) is 0 Å². The molecule has 1 N–H and O–H groups in total. The third-order valence-corrected chi connectivity index (χ3v) is 2.00. The van der Waals surface area contributed by atoms with Crippen molar-refractivity contribution in [1.82, 2.24) is 4.98 Å². The molecule has 0 fully saturated rings. The van der Waals surface area contributed by atoms with Gasteiger partial charge in [-0.2, -0.15) is 0 Å². The van der Waals surface area contributed by atoms with Crippen LogP contribution in [-0.4, -0.2) is 23.2 Å². The highest BCUT2D eigenvalue weighted by molar-refractivity contribution is 5.88. The molecule has 5 heteroatoms. The van der Waals surface area contributed by atoms with Gasteiger partial charge in [-0.1, -0.05) is 6.07 Å². The lowest BCUT2D eigenvalue weighted by Crippen LogP contribution is -2.00. The molecule has 0 amide bonds. The number of hydrogen-bond donors (Lipinski definition) is 1. The summed E-state index contributed by atoms with van der Waals surface area (Å²) in [5, 5.41) is 8.91. The minimum atomic E-state index is -0.614. The third-order valence-electron chi connectivity index (χ3n) is 2.00. The van der Waals surface area contributed by atoms with Gasteiger partial charge in [0.15, 0.2) is 5.58 Å². The van der Waals surface area contributed by atoms with Gasteiger partial charge < -0.3 is 14.3 Å². The Labute approximate surface area is 85.3 Å². The van der Waals surface area contributed by atoms with E-state index in [9.17, 15) is 4.79 Å². The number of benzene rings is 1. The minimum absolute atomic E-state index is 0.0792. The lowest BCUT2D eigenvalue weighted by Gasteiger charge is -1.92. The van der Waals surface area contributed by atoms with Crippen LogP contribution >= 0.6 is 0 Å². The van der Waals surface area contributed by atoms with Crippen molar-refractivity contribution >= 4 is 17.1 Å². The molecular weight excluding hydrogens is 198 g/mol. The van der Waals surface area contributed by atoms with Crippen molar-refractivity contribution in [3.05, 3.63) is 29.7 Å². The van der Waals surface area contributed by atoms with E-state index in [1.807, 2.05) is 0 Å². The SMILES string of the molecule is COC(=O)c1nc2ccc(CO)cc2o1. The Morgan fingerprint density at radius 3 is 3.07 bits per heavy atom. The molecule has 1 heterocycles. The number of aliphatic hydroxyl groups excluding tert-OH is 1. The Balaban J connectivity index is 2.51. The average Bonchev–Trinajstić information content (AvgIpc) is 2.70. The predicted octanol–water partition coefficient (Wildman–Crippen LogP) is 1.11. The first kappa shape index (κ1) is 9.67. The lowest BCUT2D eigenvalue weighted by molar-refractivity contribution is 0.0558. The fourth-order valence-corrected chi connectivity index (χ4v) is 1.24. The highest BCUT2D eigenvalue weighted by Crippen LogP contribution is 2.17. The van der Waals surface area contributed by atoms with E-state index >= 15 is 0 Å². The van der Waals surface area contributed by atoms with Gasteiger partial charge in [0.25, 0.3) is 0 Å². The number of methoxy groups -OCH3 is 1.